The Morgan fingerprint density at radius 3 is 2.94 bits per heavy atom. The van der Waals surface area contributed by atoms with Crippen molar-refractivity contribution in [2.45, 2.75) is 13.0 Å². The highest BCUT2D eigenvalue weighted by atomic mass is 16.4. The van der Waals surface area contributed by atoms with E-state index < -0.39 is 5.97 Å². The van der Waals surface area contributed by atoms with Gasteiger partial charge in [-0.3, -0.25) is 9.69 Å². The van der Waals surface area contributed by atoms with Gasteiger partial charge in [0.05, 0.1) is 12.1 Å². The highest BCUT2D eigenvalue weighted by Gasteiger charge is 2.17. The lowest BCUT2D eigenvalue weighted by Crippen LogP contribution is -2.33. The molecule has 0 atom stereocenters. The van der Waals surface area contributed by atoms with E-state index >= 15 is 0 Å². The Labute approximate surface area is 105 Å². The molecule has 1 aliphatic heterocycles. The quantitative estimate of drug-likeness (QED) is 0.826. The van der Waals surface area contributed by atoms with Crippen molar-refractivity contribution in [2.75, 3.05) is 19.6 Å². The second-order valence-electron chi connectivity index (χ2n) is 4.38. The monoisotopic (exact) mass is 248 g/mol. The maximum Gasteiger partial charge on any atom is 0.336 e. The van der Waals surface area contributed by atoms with Gasteiger partial charge in [-0.15, -0.1) is 0 Å². The summed E-state index contributed by atoms with van der Waals surface area (Å²) in [5, 5.41) is 11.9. The lowest BCUT2D eigenvalue weighted by atomic mass is 10.1. The molecule has 0 radical (unpaired) electrons. The van der Waals surface area contributed by atoms with Crippen molar-refractivity contribution >= 4 is 11.9 Å². The molecule has 0 aliphatic carbocycles. The van der Waals surface area contributed by atoms with Crippen LogP contribution in [0.2, 0.25) is 0 Å². The maximum absolute atomic E-state index is 11.4. The SMILES string of the molecule is O=C1CN(Cc2ccccc2C(=O)O)CCCN1. The van der Waals surface area contributed by atoms with E-state index in [-0.39, 0.29) is 5.91 Å². The van der Waals surface area contributed by atoms with Crippen LogP contribution in [0.15, 0.2) is 24.3 Å². The van der Waals surface area contributed by atoms with Crippen LogP contribution in [0, 0.1) is 0 Å². The first kappa shape index (κ1) is 12.6. The third-order valence-electron chi connectivity index (χ3n) is 2.98. The summed E-state index contributed by atoms with van der Waals surface area (Å²) in [6.07, 6.45) is 0.890. The Bertz CT molecular complexity index is 459. The molecular formula is C13H16N2O3. The number of hydrogen-bond acceptors (Lipinski definition) is 3. The van der Waals surface area contributed by atoms with Gasteiger partial charge in [-0.2, -0.15) is 0 Å². The van der Waals surface area contributed by atoms with Crippen LogP contribution in [0.3, 0.4) is 0 Å². The molecule has 1 heterocycles. The van der Waals surface area contributed by atoms with Crippen LogP contribution in [0.5, 0.6) is 0 Å². The molecule has 0 spiro atoms. The molecule has 1 aliphatic rings. The molecule has 0 aromatic heterocycles. The van der Waals surface area contributed by atoms with Crippen LogP contribution in [-0.4, -0.2) is 41.5 Å². The maximum atomic E-state index is 11.4. The van der Waals surface area contributed by atoms with E-state index in [1.165, 1.54) is 0 Å². The molecule has 0 saturated carbocycles. The van der Waals surface area contributed by atoms with Gasteiger partial charge in [0.15, 0.2) is 0 Å². The number of carbonyl (C=O) groups excluding carboxylic acids is 1. The summed E-state index contributed by atoms with van der Waals surface area (Å²) in [5.74, 6) is -0.926. The molecule has 1 amide bonds. The number of hydrogen-bond donors (Lipinski definition) is 2. The van der Waals surface area contributed by atoms with Gasteiger partial charge in [0.2, 0.25) is 5.91 Å². The number of carboxylic acid groups (broad SMARTS) is 1. The third kappa shape index (κ3) is 3.07. The normalized spacial score (nSPS) is 17.0. The lowest BCUT2D eigenvalue weighted by Gasteiger charge is -2.19. The van der Waals surface area contributed by atoms with Crippen LogP contribution < -0.4 is 5.32 Å². The zero-order chi connectivity index (χ0) is 13.0. The second kappa shape index (κ2) is 5.64. The average Bonchev–Trinajstić information content (AvgIpc) is 2.54. The van der Waals surface area contributed by atoms with Gasteiger partial charge in [0.25, 0.3) is 0 Å². The van der Waals surface area contributed by atoms with Crippen LogP contribution >= 0.6 is 0 Å². The largest absolute Gasteiger partial charge is 0.478 e. The zero-order valence-electron chi connectivity index (χ0n) is 10.1. The van der Waals surface area contributed by atoms with Gasteiger partial charge in [-0.1, -0.05) is 18.2 Å². The van der Waals surface area contributed by atoms with E-state index in [2.05, 4.69) is 5.32 Å². The van der Waals surface area contributed by atoms with Crippen molar-refractivity contribution in [2.24, 2.45) is 0 Å². The Balaban J connectivity index is 2.13. The molecule has 1 saturated heterocycles. The van der Waals surface area contributed by atoms with E-state index in [9.17, 15) is 9.59 Å². The molecule has 5 nitrogen and oxygen atoms in total. The van der Waals surface area contributed by atoms with Crippen molar-refractivity contribution in [3.05, 3.63) is 35.4 Å². The fraction of sp³-hybridized carbons (Fsp3) is 0.385. The van der Waals surface area contributed by atoms with Crippen molar-refractivity contribution in [1.29, 1.82) is 0 Å². The van der Waals surface area contributed by atoms with Gasteiger partial charge in [0, 0.05) is 19.6 Å². The number of carbonyl (C=O) groups is 2. The topological polar surface area (TPSA) is 69.6 Å². The molecule has 0 unspecified atom stereocenters. The zero-order valence-corrected chi connectivity index (χ0v) is 10.1. The van der Waals surface area contributed by atoms with Gasteiger partial charge in [-0.25, -0.2) is 4.79 Å². The fourth-order valence-electron chi connectivity index (χ4n) is 2.11. The summed E-state index contributed by atoms with van der Waals surface area (Å²) in [6.45, 7) is 2.31. The van der Waals surface area contributed by atoms with Gasteiger partial charge < -0.3 is 10.4 Å². The predicted molar refractivity (Wildman–Crippen MR) is 66.3 cm³/mol. The first-order valence-corrected chi connectivity index (χ1v) is 5.97. The number of carboxylic acids is 1. The Morgan fingerprint density at radius 1 is 1.39 bits per heavy atom. The van der Waals surface area contributed by atoms with E-state index in [0.717, 1.165) is 18.5 Å². The number of nitrogens with zero attached hydrogens (tertiary/aromatic N) is 1. The van der Waals surface area contributed by atoms with E-state index in [0.29, 0.717) is 25.2 Å². The number of amides is 1. The van der Waals surface area contributed by atoms with Crippen LogP contribution in [0.1, 0.15) is 22.3 Å². The minimum Gasteiger partial charge on any atom is -0.478 e. The molecular weight excluding hydrogens is 232 g/mol. The summed E-state index contributed by atoms with van der Waals surface area (Å²) in [5.41, 5.74) is 1.06. The second-order valence-corrected chi connectivity index (χ2v) is 4.38. The van der Waals surface area contributed by atoms with Crippen molar-refractivity contribution in [1.82, 2.24) is 10.2 Å². The van der Waals surface area contributed by atoms with Crippen molar-refractivity contribution in [3.8, 4) is 0 Å². The van der Waals surface area contributed by atoms with Gasteiger partial charge in [0.1, 0.15) is 0 Å². The van der Waals surface area contributed by atoms with Crippen LogP contribution in [-0.2, 0) is 11.3 Å². The van der Waals surface area contributed by atoms with Gasteiger partial charge in [-0.05, 0) is 18.1 Å². The van der Waals surface area contributed by atoms with Crippen molar-refractivity contribution in [3.63, 3.8) is 0 Å². The van der Waals surface area contributed by atoms with E-state index in [1.54, 1.807) is 18.2 Å². The summed E-state index contributed by atoms with van der Waals surface area (Å²) < 4.78 is 0. The average molecular weight is 248 g/mol. The number of aromatic carboxylic acids is 1. The number of rotatable bonds is 3. The highest BCUT2D eigenvalue weighted by Crippen LogP contribution is 2.12. The third-order valence-corrected chi connectivity index (χ3v) is 2.98. The van der Waals surface area contributed by atoms with Gasteiger partial charge >= 0.3 is 5.97 Å². The molecule has 1 aromatic carbocycles. The fourth-order valence-corrected chi connectivity index (χ4v) is 2.11. The minimum atomic E-state index is -0.926. The molecule has 2 rings (SSSR count). The van der Waals surface area contributed by atoms with Crippen LogP contribution in [0.25, 0.3) is 0 Å². The minimum absolute atomic E-state index is 0.000283. The first-order chi connectivity index (χ1) is 8.66. The molecule has 0 bridgehead atoms. The molecule has 18 heavy (non-hydrogen) atoms. The standard InChI is InChI=1S/C13H16N2O3/c16-12-9-15(7-3-6-14-12)8-10-4-1-2-5-11(10)13(17)18/h1-2,4-5H,3,6-9H2,(H,14,16)(H,17,18). The smallest absolute Gasteiger partial charge is 0.336 e. The molecule has 1 fully saturated rings. The lowest BCUT2D eigenvalue weighted by molar-refractivity contribution is -0.121. The summed E-state index contributed by atoms with van der Waals surface area (Å²) in [6, 6.07) is 6.92. The molecule has 5 heteroatoms. The first-order valence-electron chi connectivity index (χ1n) is 5.97. The summed E-state index contributed by atoms with van der Waals surface area (Å²) in [7, 11) is 0. The van der Waals surface area contributed by atoms with Crippen molar-refractivity contribution < 1.29 is 14.7 Å². The van der Waals surface area contributed by atoms with Crippen LogP contribution in [0.4, 0.5) is 0 Å². The van der Waals surface area contributed by atoms with E-state index in [1.807, 2.05) is 11.0 Å². The Morgan fingerprint density at radius 2 is 2.17 bits per heavy atom. The number of nitrogens with one attached hydrogen (secondary N) is 1. The summed E-state index contributed by atoms with van der Waals surface area (Å²) in [4.78, 5) is 24.5. The Hall–Kier alpha value is -1.88. The number of benzene rings is 1. The molecule has 1 aromatic rings. The molecule has 2 N–H and O–H groups in total. The highest BCUT2D eigenvalue weighted by molar-refractivity contribution is 5.89. The predicted octanol–water partition coefficient (Wildman–Crippen LogP) is 0.707. The summed E-state index contributed by atoms with van der Waals surface area (Å²) >= 11 is 0. The Kier molecular flexibility index (Phi) is 3.94. The van der Waals surface area contributed by atoms with E-state index in [4.69, 9.17) is 5.11 Å². The molecule has 96 valence electrons.